The molecular formula is C24H29F3N4O3S. The number of amides is 2. The number of hydrogen-bond acceptors (Lipinski definition) is 6. The van der Waals surface area contributed by atoms with Crippen LogP contribution in [-0.2, 0) is 27.0 Å². The van der Waals surface area contributed by atoms with E-state index in [2.05, 4.69) is 15.6 Å². The zero-order chi connectivity index (χ0) is 24.8. The first-order valence-electron chi connectivity index (χ1n) is 11.8. The Morgan fingerprint density at radius 1 is 1.20 bits per heavy atom. The van der Waals surface area contributed by atoms with Crippen molar-refractivity contribution < 1.29 is 27.5 Å². The van der Waals surface area contributed by atoms with Crippen LogP contribution in [0.2, 0.25) is 0 Å². The molecule has 0 bridgehead atoms. The second kappa shape index (κ2) is 11.5. The summed E-state index contributed by atoms with van der Waals surface area (Å²) in [7, 11) is 0. The highest BCUT2D eigenvalue weighted by Gasteiger charge is 2.30. The van der Waals surface area contributed by atoms with E-state index in [1.165, 1.54) is 23.5 Å². The van der Waals surface area contributed by atoms with Crippen LogP contribution in [0.1, 0.15) is 36.3 Å². The maximum absolute atomic E-state index is 12.8. The Morgan fingerprint density at radius 3 is 2.71 bits per heavy atom. The zero-order valence-corrected chi connectivity index (χ0v) is 20.1. The third-order valence-corrected chi connectivity index (χ3v) is 7.16. The van der Waals surface area contributed by atoms with Gasteiger partial charge in [-0.15, -0.1) is 11.3 Å². The fourth-order valence-electron chi connectivity index (χ4n) is 4.32. The number of likely N-dealkylation sites (tertiary alicyclic amines) is 1. The number of benzene rings is 1. The third kappa shape index (κ3) is 7.02. The fraction of sp³-hybridized carbons (Fsp3) is 0.542. The van der Waals surface area contributed by atoms with Gasteiger partial charge in [-0.1, -0.05) is 12.1 Å². The number of nitrogens with zero attached hydrogens (tertiary/aromatic N) is 2. The third-order valence-electron chi connectivity index (χ3n) is 6.31. The molecule has 0 unspecified atom stereocenters. The van der Waals surface area contributed by atoms with Crippen LogP contribution in [0.25, 0.3) is 11.3 Å². The number of aromatic nitrogens is 1. The molecule has 2 N–H and O–H groups in total. The molecule has 4 rings (SSSR count). The SMILES string of the molecule is O=C(NCc1nc(-c2ccc(C(F)(F)F)cc2)cs1)[C@H]1CCCN(C(=O)CO[C@@H]2CCCNC2)C1. The van der Waals surface area contributed by atoms with Gasteiger partial charge in [0, 0.05) is 30.6 Å². The van der Waals surface area contributed by atoms with Crippen molar-refractivity contribution in [2.45, 2.75) is 44.5 Å². The molecule has 35 heavy (non-hydrogen) atoms. The lowest BCUT2D eigenvalue weighted by Crippen LogP contribution is -2.47. The molecule has 1 aromatic heterocycles. The van der Waals surface area contributed by atoms with Gasteiger partial charge in [0.1, 0.15) is 11.6 Å². The van der Waals surface area contributed by atoms with Gasteiger partial charge in [0.2, 0.25) is 11.8 Å². The van der Waals surface area contributed by atoms with Gasteiger partial charge in [-0.3, -0.25) is 9.59 Å². The zero-order valence-electron chi connectivity index (χ0n) is 19.3. The highest BCUT2D eigenvalue weighted by molar-refractivity contribution is 7.09. The first-order valence-corrected chi connectivity index (χ1v) is 12.7. The summed E-state index contributed by atoms with van der Waals surface area (Å²) in [5.41, 5.74) is 0.441. The van der Waals surface area contributed by atoms with Gasteiger partial charge in [-0.2, -0.15) is 13.2 Å². The predicted molar refractivity (Wildman–Crippen MR) is 126 cm³/mol. The molecule has 2 aliphatic rings. The summed E-state index contributed by atoms with van der Waals surface area (Å²) in [6.07, 6.45) is -0.877. The van der Waals surface area contributed by atoms with E-state index in [1.54, 1.807) is 10.3 Å². The second-order valence-electron chi connectivity index (χ2n) is 8.88. The van der Waals surface area contributed by atoms with Crippen LogP contribution in [0.4, 0.5) is 13.2 Å². The van der Waals surface area contributed by atoms with Gasteiger partial charge in [-0.05, 0) is 44.4 Å². The average Bonchev–Trinajstić information content (AvgIpc) is 3.35. The Bertz CT molecular complexity index is 1010. The normalized spacial score (nSPS) is 21.1. The molecule has 2 aromatic rings. The molecule has 2 saturated heterocycles. The molecule has 0 saturated carbocycles. The minimum absolute atomic E-state index is 0.0343. The number of piperidine rings is 2. The van der Waals surface area contributed by atoms with E-state index < -0.39 is 11.7 Å². The fourth-order valence-corrected chi connectivity index (χ4v) is 5.06. The molecule has 3 heterocycles. The average molecular weight is 511 g/mol. The van der Waals surface area contributed by atoms with Gasteiger partial charge in [0.25, 0.3) is 0 Å². The number of hydrogen-bond donors (Lipinski definition) is 2. The number of carbonyl (C=O) groups excluding carboxylic acids is 2. The van der Waals surface area contributed by atoms with Crippen molar-refractivity contribution in [1.29, 1.82) is 0 Å². The van der Waals surface area contributed by atoms with Gasteiger partial charge in [0.15, 0.2) is 0 Å². The van der Waals surface area contributed by atoms with Crippen LogP contribution in [0, 0.1) is 5.92 Å². The van der Waals surface area contributed by atoms with Gasteiger partial charge in [-0.25, -0.2) is 4.98 Å². The first kappa shape index (κ1) is 25.6. The van der Waals surface area contributed by atoms with E-state index in [-0.39, 0.29) is 37.0 Å². The number of thiazole rings is 1. The Labute approximate surface area is 206 Å². The van der Waals surface area contributed by atoms with Crippen molar-refractivity contribution in [2.75, 3.05) is 32.8 Å². The number of nitrogens with one attached hydrogen (secondary N) is 2. The van der Waals surface area contributed by atoms with Crippen LogP contribution < -0.4 is 10.6 Å². The van der Waals surface area contributed by atoms with E-state index in [0.29, 0.717) is 35.8 Å². The Kier molecular flexibility index (Phi) is 8.40. The summed E-state index contributed by atoms with van der Waals surface area (Å²) in [6, 6.07) is 4.84. The summed E-state index contributed by atoms with van der Waals surface area (Å²) < 4.78 is 44.0. The number of rotatable bonds is 7. The van der Waals surface area contributed by atoms with Crippen LogP contribution in [0.15, 0.2) is 29.6 Å². The van der Waals surface area contributed by atoms with E-state index >= 15 is 0 Å². The Morgan fingerprint density at radius 2 is 2.00 bits per heavy atom. The molecule has 0 spiro atoms. The lowest BCUT2D eigenvalue weighted by atomic mass is 9.97. The molecular weight excluding hydrogens is 481 g/mol. The van der Waals surface area contributed by atoms with Crippen LogP contribution in [-0.4, -0.2) is 60.6 Å². The molecule has 2 fully saturated rings. The lowest BCUT2D eigenvalue weighted by Gasteiger charge is -2.32. The smallest absolute Gasteiger partial charge is 0.367 e. The molecule has 11 heteroatoms. The Hall–Kier alpha value is -2.50. The maximum Gasteiger partial charge on any atom is 0.416 e. The van der Waals surface area contributed by atoms with Gasteiger partial charge < -0.3 is 20.3 Å². The van der Waals surface area contributed by atoms with Crippen LogP contribution in [0.3, 0.4) is 0 Å². The lowest BCUT2D eigenvalue weighted by molar-refractivity contribution is -0.142. The molecule has 190 valence electrons. The van der Waals surface area contributed by atoms with E-state index in [0.717, 1.165) is 44.5 Å². The number of alkyl halides is 3. The predicted octanol–water partition coefficient (Wildman–Crippen LogP) is 3.45. The Balaban J connectivity index is 1.24. The van der Waals surface area contributed by atoms with Crippen molar-refractivity contribution in [3.8, 4) is 11.3 Å². The number of carbonyl (C=O) groups is 2. The molecule has 2 amide bonds. The van der Waals surface area contributed by atoms with Crippen LogP contribution >= 0.6 is 11.3 Å². The molecule has 0 radical (unpaired) electrons. The van der Waals surface area contributed by atoms with Crippen molar-refractivity contribution in [2.24, 2.45) is 5.92 Å². The first-order chi connectivity index (χ1) is 16.8. The standard InChI is InChI=1S/C24H29F3N4O3S/c25-24(26,27)18-7-5-16(6-8-18)20-15-35-21(30-20)12-29-23(33)17-3-2-10-31(13-17)22(32)14-34-19-4-1-9-28-11-19/h5-8,15,17,19,28H,1-4,9-14H2,(H,29,33)/t17-,19+/m0/s1. The summed E-state index contributed by atoms with van der Waals surface area (Å²) >= 11 is 1.33. The van der Waals surface area contributed by atoms with Gasteiger partial charge in [0.05, 0.1) is 29.8 Å². The molecule has 2 atom stereocenters. The van der Waals surface area contributed by atoms with Crippen LogP contribution in [0.5, 0.6) is 0 Å². The highest BCUT2D eigenvalue weighted by Crippen LogP contribution is 2.31. The minimum atomic E-state index is -4.38. The minimum Gasteiger partial charge on any atom is -0.367 e. The van der Waals surface area contributed by atoms with Crippen molar-refractivity contribution in [3.63, 3.8) is 0 Å². The second-order valence-corrected chi connectivity index (χ2v) is 9.82. The summed E-state index contributed by atoms with van der Waals surface area (Å²) in [5.74, 6) is -0.515. The van der Waals surface area contributed by atoms with E-state index in [1.807, 2.05) is 0 Å². The number of halogens is 3. The monoisotopic (exact) mass is 510 g/mol. The molecule has 0 aliphatic carbocycles. The number of ether oxygens (including phenoxy) is 1. The summed E-state index contributed by atoms with van der Waals surface area (Å²) in [4.78, 5) is 31.5. The molecule has 1 aromatic carbocycles. The van der Waals surface area contributed by atoms with Crippen molar-refractivity contribution >= 4 is 23.2 Å². The largest absolute Gasteiger partial charge is 0.416 e. The quantitative estimate of drug-likeness (QED) is 0.596. The van der Waals surface area contributed by atoms with Crippen molar-refractivity contribution in [3.05, 3.63) is 40.2 Å². The van der Waals surface area contributed by atoms with E-state index in [4.69, 9.17) is 4.74 Å². The van der Waals surface area contributed by atoms with Gasteiger partial charge >= 0.3 is 6.18 Å². The highest BCUT2D eigenvalue weighted by atomic mass is 32.1. The van der Waals surface area contributed by atoms with E-state index in [9.17, 15) is 22.8 Å². The summed E-state index contributed by atoms with van der Waals surface area (Å²) in [5, 5.41) is 8.56. The van der Waals surface area contributed by atoms with Crippen molar-refractivity contribution in [1.82, 2.24) is 20.5 Å². The topological polar surface area (TPSA) is 83.6 Å². The molecule has 7 nitrogen and oxygen atoms in total. The molecule has 2 aliphatic heterocycles. The maximum atomic E-state index is 12.8. The summed E-state index contributed by atoms with van der Waals surface area (Å²) in [6.45, 7) is 2.99.